The van der Waals surface area contributed by atoms with E-state index in [4.69, 9.17) is 0 Å². The SMILES string of the molecule is NN=Cc1ccc(OC(F)(F)F)c(F)c1F. The minimum Gasteiger partial charge on any atom is -0.403 e. The zero-order chi connectivity index (χ0) is 12.3. The van der Waals surface area contributed by atoms with Crippen LogP contribution in [0.25, 0.3) is 0 Å². The number of hydrogen-bond acceptors (Lipinski definition) is 3. The van der Waals surface area contributed by atoms with Gasteiger partial charge in [0.1, 0.15) is 0 Å². The summed E-state index contributed by atoms with van der Waals surface area (Å²) in [6, 6.07) is 1.48. The van der Waals surface area contributed by atoms with Crippen molar-refractivity contribution in [3.8, 4) is 5.75 Å². The summed E-state index contributed by atoms with van der Waals surface area (Å²) in [7, 11) is 0. The molecule has 0 amide bonds. The fraction of sp³-hybridized carbons (Fsp3) is 0.125. The van der Waals surface area contributed by atoms with Gasteiger partial charge in [0.05, 0.1) is 6.21 Å². The van der Waals surface area contributed by atoms with E-state index in [1.54, 1.807) is 0 Å². The summed E-state index contributed by atoms with van der Waals surface area (Å²) < 4.78 is 64.6. The standard InChI is InChI=1S/C8H5F5N2O/c9-6-4(3-15-14)1-2-5(7(6)10)16-8(11,12)13/h1-3H,14H2. The molecule has 0 aliphatic rings. The molecular formula is C8H5F5N2O. The smallest absolute Gasteiger partial charge is 0.403 e. The van der Waals surface area contributed by atoms with Gasteiger partial charge in [0, 0.05) is 5.56 Å². The van der Waals surface area contributed by atoms with Crippen LogP contribution in [-0.2, 0) is 0 Å². The van der Waals surface area contributed by atoms with E-state index in [-0.39, 0.29) is 5.56 Å². The second-order valence-corrected chi connectivity index (χ2v) is 2.61. The number of benzene rings is 1. The van der Waals surface area contributed by atoms with Crippen LogP contribution >= 0.6 is 0 Å². The molecule has 1 aromatic carbocycles. The molecule has 1 aromatic rings. The maximum atomic E-state index is 13.1. The zero-order valence-corrected chi connectivity index (χ0v) is 7.55. The quantitative estimate of drug-likeness (QED) is 0.372. The molecule has 0 fully saturated rings. The van der Waals surface area contributed by atoms with E-state index in [1.165, 1.54) is 0 Å². The summed E-state index contributed by atoms with van der Waals surface area (Å²) in [4.78, 5) is 0. The Morgan fingerprint density at radius 1 is 1.19 bits per heavy atom. The lowest BCUT2D eigenvalue weighted by atomic mass is 10.2. The molecule has 0 aliphatic heterocycles. The highest BCUT2D eigenvalue weighted by molar-refractivity contribution is 5.80. The molecule has 0 bridgehead atoms. The Hall–Kier alpha value is -1.86. The number of alkyl halides is 3. The van der Waals surface area contributed by atoms with Crippen molar-refractivity contribution in [2.75, 3.05) is 0 Å². The summed E-state index contributed by atoms with van der Waals surface area (Å²) >= 11 is 0. The molecule has 0 spiro atoms. The summed E-state index contributed by atoms with van der Waals surface area (Å²) in [5.41, 5.74) is -0.380. The Morgan fingerprint density at radius 2 is 1.81 bits per heavy atom. The van der Waals surface area contributed by atoms with Crippen LogP contribution in [-0.4, -0.2) is 12.6 Å². The van der Waals surface area contributed by atoms with Gasteiger partial charge >= 0.3 is 6.36 Å². The number of halogens is 5. The van der Waals surface area contributed by atoms with Crippen LogP contribution < -0.4 is 10.6 Å². The van der Waals surface area contributed by atoms with E-state index in [0.29, 0.717) is 6.07 Å². The molecule has 0 unspecified atom stereocenters. The molecule has 3 nitrogen and oxygen atoms in total. The monoisotopic (exact) mass is 240 g/mol. The predicted octanol–water partition coefficient (Wildman–Crippen LogP) is 2.16. The Balaban J connectivity index is 3.12. The molecule has 0 saturated carbocycles. The normalized spacial score (nSPS) is 12.1. The van der Waals surface area contributed by atoms with Crippen molar-refractivity contribution in [3.05, 3.63) is 29.3 Å². The molecule has 0 aliphatic carbocycles. The largest absolute Gasteiger partial charge is 0.573 e. The second-order valence-electron chi connectivity index (χ2n) is 2.61. The lowest BCUT2D eigenvalue weighted by Crippen LogP contribution is -2.18. The number of nitrogens with zero attached hydrogens (tertiary/aromatic N) is 1. The number of nitrogens with two attached hydrogens (primary N) is 1. The molecule has 2 N–H and O–H groups in total. The fourth-order valence-electron chi connectivity index (χ4n) is 0.930. The van der Waals surface area contributed by atoms with Crippen molar-refractivity contribution >= 4 is 6.21 Å². The molecule has 0 radical (unpaired) electrons. The van der Waals surface area contributed by atoms with Crippen molar-refractivity contribution in [3.63, 3.8) is 0 Å². The van der Waals surface area contributed by atoms with E-state index in [9.17, 15) is 22.0 Å². The van der Waals surface area contributed by atoms with Gasteiger partial charge in [-0.05, 0) is 12.1 Å². The maximum Gasteiger partial charge on any atom is 0.573 e. The maximum absolute atomic E-state index is 13.1. The van der Waals surface area contributed by atoms with Gasteiger partial charge in [-0.1, -0.05) is 0 Å². The molecule has 1 rings (SSSR count). The summed E-state index contributed by atoms with van der Waals surface area (Å²) in [6.45, 7) is 0. The molecule has 0 aromatic heterocycles. The number of hydrazone groups is 1. The van der Waals surface area contributed by atoms with E-state index in [2.05, 4.69) is 15.7 Å². The predicted molar refractivity (Wildman–Crippen MR) is 44.8 cm³/mol. The number of hydrogen-bond donors (Lipinski definition) is 1. The van der Waals surface area contributed by atoms with Gasteiger partial charge in [0.2, 0.25) is 5.82 Å². The first-order chi connectivity index (χ1) is 7.35. The molecule has 88 valence electrons. The third-order valence-electron chi connectivity index (χ3n) is 1.52. The van der Waals surface area contributed by atoms with Crippen molar-refractivity contribution in [1.82, 2.24) is 0 Å². The number of rotatable bonds is 2. The topological polar surface area (TPSA) is 47.6 Å². The van der Waals surface area contributed by atoms with E-state index >= 15 is 0 Å². The van der Waals surface area contributed by atoms with Gasteiger partial charge in [-0.2, -0.15) is 9.49 Å². The van der Waals surface area contributed by atoms with E-state index in [1.807, 2.05) is 0 Å². The van der Waals surface area contributed by atoms with Crippen molar-refractivity contribution < 1.29 is 26.7 Å². The first-order valence-electron chi connectivity index (χ1n) is 3.82. The van der Waals surface area contributed by atoms with Crippen LogP contribution in [0.5, 0.6) is 5.75 Å². The highest BCUT2D eigenvalue weighted by atomic mass is 19.4. The van der Waals surface area contributed by atoms with Crippen LogP contribution in [0.2, 0.25) is 0 Å². The van der Waals surface area contributed by atoms with E-state index < -0.39 is 23.7 Å². The van der Waals surface area contributed by atoms with Crippen molar-refractivity contribution in [2.24, 2.45) is 10.9 Å². The van der Waals surface area contributed by atoms with Crippen LogP contribution in [0.15, 0.2) is 17.2 Å². The summed E-state index contributed by atoms with van der Waals surface area (Å²) in [6.07, 6.45) is -4.33. The summed E-state index contributed by atoms with van der Waals surface area (Å²) in [5.74, 6) is 0.165. The minimum absolute atomic E-state index is 0.380. The fourth-order valence-corrected chi connectivity index (χ4v) is 0.930. The highest BCUT2D eigenvalue weighted by Gasteiger charge is 2.33. The first kappa shape index (κ1) is 12.2. The second kappa shape index (κ2) is 4.33. The van der Waals surface area contributed by atoms with Crippen molar-refractivity contribution in [2.45, 2.75) is 6.36 Å². The molecule has 8 heteroatoms. The molecule has 16 heavy (non-hydrogen) atoms. The van der Waals surface area contributed by atoms with Crippen molar-refractivity contribution in [1.29, 1.82) is 0 Å². The highest BCUT2D eigenvalue weighted by Crippen LogP contribution is 2.27. The summed E-state index contributed by atoms with van der Waals surface area (Å²) in [5, 5.41) is 2.92. The van der Waals surface area contributed by atoms with Gasteiger partial charge in [0.25, 0.3) is 0 Å². The first-order valence-corrected chi connectivity index (χ1v) is 3.82. The van der Waals surface area contributed by atoms with Gasteiger partial charge in [-0.3, -0.25) is 0 Å². The lowest BCUT2D eigenvalue weighted by molar-refractivity contribution is -0.275. The Morgan fingerprint density at radius 3 is 2.31 bits per heavy atom. The third-order valence-corrected chi connectivity index (χ3v) is 1.52. The zero-order valence-electron chi connectivity index (χ0n) is 7.55. The van der Waals surface area contributed by atoms with Crippen LogP contribution in [0.4, 0.5) is 22.0 Å². The van der Waals surface area contributed by atoms with Gasteiger partial charge in [-0.15, -0.1) is 13.2 Å². The van der Waals surface area contributed by atoms with Gasteiger partial charge < -0.3 is 10.6 Å². The molecule has 0 saturated heterocycles. The third kappa shape index (κ3) is 2.81. The Kier molecular flexibility index (Phi) is 3.31. The van der Waals surface area contributed by atoms with Crippen LogP contribution in [0.3, 0.4) is 0 Å². The average molecular weight is 240 g/mol. The van der Waals surface area contributed by atoms with Crippen LogP contribution in [0, 0.1) is 11.6 Å². The molecule has 0 heterocycles. The molecule has 0 atom stereocenters. The van der Waals surface area contributed by atoms with Crippen LogP contribution in [0.1, 0.15) is 5.56 Å². The lowest BCUT2D eigenvalue weighted by Gasteiger charge is -2.10. The minimum atomic E-state index is -5.09. The Bertz CT molecular complexity index is 416. The number of ether oxygens (including phenoxy) is 1. The molecular weight excluding hydrogens is 235 g/mol. The Labute approximate surface area is 86.3 Å². The average Bonchev–Trinajstić information content (AvgIpc) is 2.16. The van der Waals surface area contributed by atoms with E-state index in [0.717, 1.165) is 12.3 Å². The van der Waals surface area contributed by atoms with Gasteiger partial charge in [-0.25, -0.2) is 4.39 Å². The van der Waals surface area contributed by atoms with Gasteiger partial charge in [0.15, 0.2) is 11.6 Å².